The van der Waals surface area contributed by atoms with Gasteiger partial charge in [-0.1, -0.05) is 48.5 Å². The van der Waals surface area contributed by atoms with Gasteiger partial charge in [0, 0.05) is 27.2 Å². The minimum atomic E-state index is -0.814. The molecule has 7 heteroatoms. The van der Waals surface area contributed by atoms with Crippen LogP contribution < -0.4 is 15.7 Å². The van der Waals surface area contributed by atoms with Gasteiger partial charge in [0.1, 0.15) is 18.5 Å². The average Bonchev–Trinajstić information content (AvgIpc) is 3.07. The largest absolute Gasteiger partial charge is 0.491 e. The Morgan fingerprint density at radius 2 is 1.55 bits per heavy atom. The second kappa shape index (κ2) is 10.0. The van der Waals surface area contributed by atoms with Crippen molar-refractivity contribution in [2.45, 2.75) is 18.8 Å². The number of benzene rings is 3. The number of nitrogens with one attached hydrogen (secondary N) is 1. The van der Waals surface area contributed by atoms with E-state index in [0.29, 0.717) is 24.4 Å². The Morgan fingerprint density at radius 3 is 2.27 bits per heavy atom. The van der Waals surface area contributed by atoms with E-state index >= 15 is 0 Å². The highest BCUT2D eigenvalue weighted by molar-refractivity contribution is 5.77. The summed E-state index contributed by atoms with van der Waals surface area (Å²) in [5, 5.41) is 24.1. The number of imidazole rings is 1. The van der Waals surface area contributed by atoms with Crippen LogP contribution >= 0.6 is 0 Å². The number of hydrogen-bond donors (Lipinski definition) is 3. The lowest BCUT2D eigenvalue weighted by atomic mass is 10.1. The second-order valence-electron chi connectivity index (χ2n) is 8.18. The van der Waals surface area contributed by atoms with E-state index in [0.717, 1.165) is 22.2 Å². The molecule has 4 aromatic rings. The third kappa shape index (κ3) is 5.17. The Balaban J connectivity index is 1.29. The third-order valence-electron chi connectivity index (χ3n) is 5.86. The molecule has 0 saturated carbocycles. The van der Waals surface area contributed by atoms with E-state index in [1.54, 1.807) is 23.2 Å². The van der Waals surface area contributed by atoms with Crippen LogP contribution in [0.1, 0.15) is 28.9 Å². The molecule has 2 atom stereocenters. The zero-order valence-corrected chi connectivity index (χ0v) is 18.8. The Hall–Kier alpha value is -3.39. The fraction of sp³-hybridized carbons (Fsp3) is 0.269. The Labute approximate surface area is 192 Å². The molecule has 0 aliphatic carbocycles. The summed E-state index contributed by atoms with van der Waals surface area (Å²) in [5.74, 6) is 0.662. The molecular weight excluding hydrogens is 418 g/mol. The van der Waals surface area contributed by atoms with Gasteiger partial charge in [0.2, 0.25) is 0 Å². The summed E-state index contributed by atoms with van der Waals surface area (Å²) in [6.07, 6.45) is -1.36. The van der Waals surface area contributed by atoms with Gasteiger partial charge in [-0.15, -0.1) is 0 Å². The second-order valence-corrected chi connectivity index (χ2v) is 8.18. The molecule has 33 heavy (non-hydrogen) atoms. The maximum absolute atomic E-state index is 12.1. The molecule has 7 nitrogen and oxygen atoms in total. The van der Waals surface area contributed by atoms with Gasteiger partial charge >= 0.3 is 5.69 Å². The molecular formula is C26H29N3O4. The monoisotopic (exact) mass is 447 g/mol. The molecule has 0 spiro atoms. The Bertz CT molecular complexity index is 1260. The molecule has 0 amide bonds. The van der Waals surface area contributed by atoms with Crippen molar-refractivity contribution in [2.24, 2.45) is 14.1 Å². The number of aromatic nitrogens is 2. The highest BCUT2D eigenvalue weighted by atomic mass is 16.5. The molecule has 172 valence electrons. The van der Waals surface area contributed by atoms with E-state index in [9.17, 15) is 15.0 Å². The van der Waals surface area contributed by atoms with Crippen LogP contribution in [-0.2, 0) is 20.6 Å². The zero-order chi connectivity index (χ0) is 23.4. The lowest BCUT2D eigenvalue weighted by Crippen LogP contribution is -2.21. The minimum Gasteiger partial charge on any atom is -0.491 e. The molecule has 0 bridgehead atoms. The first kappa shape index (κ1) is 22.8. The van der Waals surface area contributed by atoms with Crippen LogP contribution in [0.3, 0.4) is 0 Å². The molecule has 0 radical (unpaired) electrons. The highest BCUT2D eigenvalue weighted by Gasteiger charge is 2.13. The maximum atomic E-state index is 12.1. The molecule has 0 saturated heterocycles. The number of fused-ring (bicyclic) bond motifs is 1. The van der Waals surface area contributed by atoms with Gasteiger partial charge < -0.3 is 20.3 Å². The topological polar surface area (TPSA) is 88.7 Å². The summed E-state index contributed by atoms with van der Waals surface area (Å²) in [7, 11) is 3.45. The molecule has 1 heterocycles. The van der Waals surface area contributed by atoms with Crippen molar-refractivity contribution in [3.63, 3.8) is 0 Å². The maximum Gasteiger partial charge on any atom is 0.328 e. The summed E-state index contributed by atoms with van der Waals surface area (Å²) in [5.41, 5.74) is 4.14. The predicted octanol–water partition coefficient (Wildman–Crippen LogP) is 2.81. The normalized spacial score (nSPS) is 13.2. The Morgan fingerprint density at radius 1 is 0.848 bits per heavy atom. The number of aliphatic hydroxyl groups is 2. The highest BCUT2D eigenvalue weighted by Crippen LogP contribution is 2.21. The Kier molecular flexibility index (Phi) is 6.93. The van der Waals surface area contributed by atoms with Crippen LogP contribution in [0.25, 0.3) is 11.0 Å². The number of aliphatic hydroxyl groups excluding tert-OH is 2. The first-order valence-electron chi connectivity index (χ1n) is 10.9. The lowest BCUT2D eigenvalue weighted by Gasteiger charge is -2.14. The van der Waals surface area contributed by atoms with Gasteiger partial charge in [0.25, 0.3) is 0 Å². The van der Waals surface area contributed by atoms with Crippen molar-refractivity contribution in [1.29, 1.82) is 0 Å². The molecule has 0 unspecified atom stereocenters. The third-order valence-corrected chi connectivity index (χ3v) is 5.86. The molecule has 3 aromatic carbocycles. The van der Waals surface area contributed by atoms with Gasteiger partial charge in [0.05, 0.1) is 17.1 Å². The summed E-state index contributed by atoms with van der Waals surface area (Å²) < 4.78 is 8.92. The van der Waals surface area contributed by atoms with Crippen LogP contribution in [0.15, 0.2) is 77.6 Å². The van der Waals surface area contributed by atoms with E-state index in [4.69, 9.17) is 4.74 Å². The molecule has 3 N–H and O–H groups in total. The first-order chi connectivity index (χ1) is 15.9. The summed E-state index contributed by atoms with van der Waals surface area (Å²) in [4.78, 5) is 12.1. The fourth-order valence-electron chi connectivity index (χ4n) is 3.85. The van der Waals surface area contributed by atoms with E-state index in [1.165, 1.54) is 0 Å². The molecule has 0 aliphatic rings. The van der Waals surface area contributed by atoms with Crippen molar-refractivity contribution in [2.75, 3.05) is 13.2 Å². The SMILES string of the molecule is Cn1c(=O)n(C)c2cc([C@H](O)COc3ccc(CNC[C@@H](O)c4ccccc4)cc3)ccc21. The van der Waals surface area contributed by atoms with E-state index in [1.807, 2.05) is 72.8 Å². The minimum absolute atomic E-state index is 0.1000. The van der Waals surface area contributed by atoms with Crippen LogP contribution in [0.5, 0.6) is 5.75 Å². The molecule has 0 aliphatic heterocycles. The fourth-order valence-corrected chi connectivity index (χ4v) is 3.85. The summed E-state index contributed by atoms with van der Waals surface area (Å²) in [6, 6.07) is 22.7. The van der Waals surface area contributed by atoms with Crippen molar-refractivity contribution in [3.05, 3.63) is 100.0 Å². The van der Waals surface area contributed by atoms with Crippen molar-refractivity contribution in [3.8, 4) is 5.75 Å². The smallest absolute Gasteiger partial charge is 0.328 e. The lowest BCUT2D eigenvalue weighted by molar-refractivity contribution is 0.108. The standard InChI is InChI=1S/C26H29N3O4/c1-28-22-13-10-20(14-23(22)29(2)26(28)32)25(31)17-33-21-11-8-18(9-12-21)15-27-16-24(30)19-6-4-3-5-7-19/h3-14,24-25,27,30-31H,15-17H2,1-2H3/t24-,25-/m1/s1. The average molecular weight is 448 g/mol. The van der Waals surface area contributed by atoms with Gasteiger partial charge in [-0.05, 0) is 41.0 Å². The van der Waals surface area contributed by atoms with Gasteiger partial charge in [-0.2, -0.15) is 0 Å². The van der Waals surface area contributed by atoms with Crippen molar-refractivity contribution >= 4 is 11.0 Å². The van der Waals surface area contributed by atoms with Gasteiger partial charge in [-0.3, -0.25) is 9.13 Å². The summed E-state index contributed by atoms with van der Waals surface area (Å²) >= 11 is 0. The first-order valence-corrected chi connectivity index (χ1v) is 10.9. The van der Waals surface area contributed by atoms with Crippen molar-refractivity contribution < 1.29 is 14.9 Å². The van der Waals surface area contributed by atoms with Gasteiger partial charge in [0.15, 0.2) is 0 Å². The quantitative estimate of drug-likeness (QED) is 0.367. The number of hydrogen-bond acceptors (Lipinski definition) is 5. The van der Waals surface area contributed by atoms with Crippen LogP contribution in [-0.4, -0.2) is 32.5 Å². The number of rotatable bonds is 9. The molecule has 1 aromatic heterocycles. The van der Waals surface area contributed by atoms with E-state index in [2.05, 4.69) is 5.32 Å². The van der Waals surface area contributed by atoms with E-state index < -0.39 is 12.2 Å². The van der Waals surface area contributed by atoms with Crippen LogP contribution in [0.2, 0.25) is 0 Å². The zero-order valence-electron chi connectivity index (χ0n) is 18.8. The van der Waals surface area contributed by atoms with Crippen LogP contribution in [0, 0.1) is 0 Å². The molecule has 0 fully saturated rings. The summed E-state index contributed by atoms with van der Waals surface area (Å²) in [6.45, 7) is 1.20. The molecule has 4 rings (SSSR count). The van der Waals surface area contributed by atoms with Crippen LogP contribution in [0.4, 0.5) is 0 Å². The van der Waals surface area contributed by atoms with E-state index in [-0.39, 0.29) is 12.3 Å². The van der Waals surface area contributed by atoms with Crippen molar-refractivity contribution in [1.82, 2.24) is 14.5 Å². The predicted molar refractivity (Wildman–Crippen MR) is 128 cm³/mol. The number of ether oxygens (including phenoxy) is 1. The van der Waals surface area contributed by atoms with Gasteiger partial charge in [-0.25, -0.2) is 4.79 Å². The number of nitrogens with zero attached hydrogens (tertiary/aromatic N) is 2. The number of aryl methyl sites for hydroxylation is 2.